The van der Waals surface area contributed by atoms with Crippen molar-refractivity contribution < 1.29 is 9.59 Å². The molecule has 0 fully saturated rings. The summed E-state index contributed by atoms with van der Waals surface area (Å²) in [6.45, 7) is 2.55. The number of carbonyl (C=O) groups excluding carboxylic acids is 2. The van der Waals surface area contributed by atoms with Crippen LogP contribution in [-0.2, 0) is 22.6 Å². The molecular weight excluding hydrogens is 380 g/mol. The van der Waals surface area contributed by atoms with E-state index in [1.807, 2.05) is 49.4 Å². The van der Waals surface area contributed by atoms with Crippen molar-refractivity contribution in [3.8, 4) is 11.3 Å². The lowest BCUT2D eigenvalue weighted by Crippen LogP contribution is -2.37. The Morgan fingerprint density at radius 2 is 2.00 bits per heavy atom. The average Bonchev–Trinajstić information content (AvgIpc) is 3.35. The van der Waals surface area contributed by atoms with E-state index < -0.39 is 6.04 Å². The third-order valence-electron chi connectivity index (χ3n) is 5.02. The second kappa shape index (κ2) is 8.30. The first-order valence-corrected chi connectivity index (χ1v) is 9.69. The van der Waals surface area contributed by atoms with Crippen LogP contribution in [0.4, 0.5) is 5.82 Å². The maximum Gasteiger partial charge on any atom is 0.242 e. The highest BCUT2D eigenvalue weighted by atomic mass is 16.2. The molecule has 4 aromatic rings. The minimum Gasteiger partial charge on any atom is -0.320 e. The maximum absolute atomic E-state index is 12.8. The molecule has 0 saturated heterocycles. The third-order valence-corrected chi connectivity index (χ3v) is 5.02. The molecule has 152 valence electrons. The number of para-hydroxylation sites is 1. The molecule has 0 saturated carbocycles. The van der Waals surface area contributed by atoms with Gasteiger partial charge < -0.3 is 11.1 Å². The van der Waals surface area contributed by atoms with E-state index in [1.165, 1.54) is 4.57 Å². The molecule has 0 aliphatic rings. The normalized spacial score (nSPS) is 12.1. The summed E-state index contributed by atoms with van der Waals surface area (Å²) in [7, 11) is 0. The standard InChI is InChI=1S/C22H22N6O2/c1-2-28-21(12-19(26-28)15-7-9-24-10-8-15)25-22(30)18(23)11-16-13-27(14-29)20-6-4-3-5-17(16)20/h3-10,12-14,18H,2,11,23H2,1H3,(H,25,30). The molecule has 0 radical (unpaired) electrons. The first-order valence-electron chi connectivity index (χ1n) is 9.69. The van der Waals surface area contributed by atoms with Crippen molar-refractivity contribution in [3.05, 3.63) is 66.6 Å². The quantitative estimate of drug-likeness (QED) is 0.462. The van der Waals surface area contributed by atoms with E-state index in [0.29, 0.717) is 18.8 Å². The third kappa shape index (κ3) is 3.72. The van der Waals surface area contributed by atoms with E-state index in [9.17, 15) is 9.59 Å². The number of nitrogens with zero attached hydrogens (tertiary/aromatic N) is 4. The number of nitrogens with one attached hydrogen (secondary N) is 1. The van der Waals surface area contributed by atoms with Gasteiger partial charge >= 0.3 is 0 Å². The Labute approximate surface area is 173 Å². The van der Waals surface area contributed by atoms with Gasteiger partial charge in [-0.3, -0.25) is 19.1 Å². The number of aromatic nitrogens is 4. The van der Waals surface area contributed by atoms with Gasteiger partial charge in [0.15, 0.2) is 0 Å². The van der Waals surface area contributed by atoms with Gasteiger partial charge in [-0.1, -0.05) is 18.2 Å². The minimum atomic E-state index is -0.777. The number of benzene rings is 1. The van der Waals surface area contributed by atoms with Gasteiger partial charge in [-0.15, -0.1) is 0 Å². The zero-order valence-corrected chi connectivity index (χ0v) is 16.5. The predicted molar refractivity (Wildman–Crippen MR) is 116 cm³/mol. The summed E-state index contributed by atoms with van der Waals surface area (Å²) in [5.41, 5.74) is 9.51. The summed E-state index contributed by atoms with van der Waals surface area (Å²) in [4.78, 5) is 28.1. The number of nitrogens with two attached hydrogens (primary N) is 1. The number of hydrogen-bond acceptors (Lipinski definition) is 5. The highest BCUT2D eigenvalue weighted by molar-refractivity contribution is 5.95. The lowest BCUT2D eigenvalue weighted by molar-refractivity contribution is -0.117. The smallest absolute Gasteiger partial charge is 0.242 e. The van der Waals surface area contributed by atoms with Crippen LogP contribution in [-0.4, -0.2) is 37.7 Å². The molecule has 1 unspecified atom stereocenters. The van der Waals surface area contributed by atoms with Crippen LogP contribution in [0.3, 0.4) is 0 Å². The fourth-order valence-corrected chi connectivity index (χ4v) is 3.50. The lowest BCUT2D eigenvalue weighted by atomic mass is 10.1. The molecular formula is C22H22N6O2. The van der Waals surface area contributed by atoms with Crippen LogP contribution < -0.4 is 11.1 Å². The Bertz CT molecular complexity index is 1200. The number of rotatable bonds is 7. The van der Waals surface area contributed by atoms with Crippen LogP contribution in [0, 0.1) is 0 Å². The molecule has 0 aliphatic heterocycles. The molecule has 1 aromatic carbocycles. The van der Waals surface area contributed by atoms with Crippen LogP contribution in [0.15, 0.2) is 61.1 Å². The summed E-state index contributed by atoms with van der Waals surface area (Å²) < 4.78 is 3.22. The SMILES string of the molecule is CCn1nc(-c2ccncc2)cc1NC(=O)C(N)Cc1cn(C=O)c2ccccc12. The van der Waals surface area contributed by atoms with Gasteiger partial charge in [0.25, 0.3) is 0 Å². The number of hydrogen-bond donors (Lipinski definition) is 2. The van der Waals surface area contributed by atoms with Gasteiger partial charge in [0.2, 0.25) is 12.3 Å². The first-order chi connectivity index (χ1) is 14.6. The summed E-state index contributed by atoms with van der Waals surface area (Å²) >= 11 is 0. The second-order valence-corrected chi connectivity index (χ2v) is 6.95. The van der Waals surface area contributed by atoms with Gasteiger partial charge in [0, 0.05) is 42.2 Å². The molecule has 3 heterocycles. The predicted octanol–water partition coefficient (Wildman–Crippen LogP) is 2.47. The van der Waals surface area contributed by atoms with Crippen molar-refractivity contribution in [1.29, 1.82) is 0 Å². The fraction of sp³-hybridized carbons (Fsp3) is 0.182. The van der Waals surface area contributed by atoms with Crippen molar-refractivity contribution in [1.82, 2.24) is 19.3 Å². The Hall–Kier alpha value is -3.78. The van der Waals surface area contributed by atoms with Gasteiger partial charge in [0.05, 0.1) is 17.3 Å². The van der Waals surface area contributed by atoms with E-state index in [2.05, 4.69) is 15.4 Å². The van der Waals surface area contributed by atoms with Gasteiger partial charge in [-0.2, -0.15) is 5.10 Å². The average molecular weight is 402 g/mol. The van der Waals surface area contributed by atoms with Crippen molar-refractivity contribution in [3.63, 3.8) is 0 Å². The molecule has 0 bridgehead atoms. The molecule has 8 nitrogen and oxygen atoms in total. The zero-order chi connectivity index (χ0) is 21.1. The molecule has 8 heteroatoms. The highest BCUT2D eigenvalue weighted by Crippen LogP contribution is 2.23. The Morgan fingerprint density at radius 3 is 2.73 bits per heavy atom. The monoisotopic (exact) mass is 402 g/mol. The molecule has 0 aliphatic carbocycles. The van der Waals surface area contributed by atoms with E-state index in [4.69, 9.17) is 5.73 Å². The van der Waals surface area contributed by atoms with Crippen molar-refractivity contribution in [2.75, 3.05) is 5.32 Å². The van der Waals surface area contributed by atoms with Gasteiger partial charge in [-0.05, 0) is 37.1 Å². The Balaban J connectivity index is 1.53. The van der Waals surface area contributed by atoms with E-state index in [1.54, 1.807) is 23.3 Å². The number of carbonyl (C=O) groups is 2. The van der Waals surface area contributed by atoms with E-state index >= 15 is 0 Å². The minimum absolute atomic E-state index is 0.310. The second-order valence-electron chi connectivity index (χ2n) is 6.95. The number of pyridine rings is 1. The lowest BCUT2D eigenvalue weighted by Gasteiger charge is -2.12. The Kier molecular flexibility index (Phi) is 5.40. The fourth-order valence-electron chi connectivity index (χ4n) is 3.50. The molecule has 1 atom stereocenters. The topological polar surface area (TPSA) is 108 Å². The number of aryl methyl sites for hydroxylation is 1. The van der Waals surface area contributed by atoms with Crippen LogP contribution >= 0.6 is 0 Å². The molecule has 4 rings (SSSR count). The maximum atomic E-state index is 12.8. The van der Waals surface area contributed by atoms with Crippen LogP contribution in [0.25, 0.3) is 22.2 Å². The largest absolute Gasteiger partial charge is 0.320 e. The van der Waals surface area contributed by atoms with Crippen LogP contribution in [0.1, 0.15) is 12.5 Å². The van der Waals surface area contributed by atoms with E-state index in [-0.39, 0.29) is 5.91 Å². The summed E-state index contributed by atoms with van der Waals surface area (Å²) in [5.74, 6) is 0.272. The number of fused-ring (bicyclic) bond motifs is 1. The zero-order valence-electron chi connectivity index (χ0n) is 16.5. The summed E-state index contributed by atoms with van der Waals surface area (Å²) in [6.07, 6.45) is 6.18. The molecule has 30 heavy (non-hydrogen) atoms. The van der Waals surface area contributed by atoms with Crippen molar-refractivity contribution >= 4 is 29.0 Å². The highest BCUT2D eigenvalue weighted by Gasteiger charge is 2.19. The van der Waals surface area contributed by atoms with Gasteiger partial charge in [-0.25, -0.2) is 4.68 Å². The Morgan fingerprint density at radius 1 is 1.23 bits per heavy atom. The summed E-state index contributed by atoms with van der Waals surface area (Å²) in [6, 6.07) is 12.3. The summed E-state index contributed by atoms with van der Waals surface area (Å²) in [5, 5.41) is 8.34. The molecule has 0 spiro atoms. The first kappa shape index (κ1) is 19.5. The van der Waals surface area contributed by atoms with E-state index in [0.717, 1.165) is 34.1 Å². The molecule has 3 N–H and O–H groups in total. The molecule has 3 aromatic heterocycles. The van der Waals surface area contributed by atoms with Crippen molar-refractivity contribution in [2.24, 2.45) is 5.73 Å². The number of amides is 1. The van der Waals surface area contributed by atoms with Crippen LogP contribution in [0.5, 0.6) is 0 Å². The van der Waals surface area contributed by atoms with Gasteiger partial charge in [0.1, 0.15) is 5.82 Å². The van der Waals surface area contributed by atoms with Crippen molar-refractivity contribution in [2.45, 2.75) is 25.9 Å². The van der Waals surface area contributed by atoms with Crippen LogP contribution in [0.2, 0.25) is 0 Å². The number of anilines is 1. The molecule has 1 amide bonds.